The largest absolute Gasteiger partial charge is 0.427 e. The minimum atomic E-state index is -0.492. The van der Waals surface area contributed by atoms with Crippen LogP contribution in [0, 0.1) is 11.2 Å². The van der Waals surface area contributed by atoms with E-state index in [0.29, 0.717) is 19.0 Å². The summed E-state index contributed by atoms with van der Waals surface area (Å²) in [5.74, 6) is 1.08. The van der Waals surface area contributed by atoms with Gasteiger partial charge in [-0.3, -0.25) is 9.10 Å². The fourth-order valence-electron chi connectivity index (χ4n) is 5.50. The first-order valence-corrected chi connectivity index (χ1v) is 15.9. The lowest BCUT2D eigenvalue weighted by atomic mass is 9.97. The number of para-hydroxylation sites is 2. The third kappa shape index (κ3) is 7.18. The highest BCUT2D eigenvalue weighted by Gasteiger charge is 2.28. The van der Waals surface area contributed by atoms with Crippen LogP contribution in [-0.4, -0.2) is 68.5 Å². The summed E-state index contributed by atoms with van der Waals surface area (Å²) in [5.41, 5.74) is 2.56. The molecule has 10 nitrogen and oxygen atoms in total. The zero-order chi connectivity index (χ0) is 31.4. The maximum atomic E-state index is 13.6. The van der Waals surface area contributed by atoms with E-state index in [1.165, 1.54) is 40.9 Å². The topological polar surface area (TPSA) is 88.7 Å². The van der Waals surface area contributed by atoms with E-state index in [-0.39, 0.29) is 29.6 Å². The molecule has 0 atom stereocenters. The molecule has 234 valence electrons. The summed E-state index contributed by atoms with van der Waals surface area (Å²) in [6.07, 6.45) is 4.45. The number of benzene rings is 2. The first kappa shape index (κ1) is 31.4. The number of piperidine rings is 1. The molecule has 44 heavy (non-hydrogen) atoms. The van der Waals surface area contributed by atoms with Crippen molar-refractivity contribution in [2.45, 2.75) is 52.9 Å². The van der Waals surface area contributed by atoms with E-state index in [0.717, 1.165) is 48.5 Å². The smallest absolute Gasteiger partial charge is 0.421 e. The number of halogens is 1. The molecule has 0 spiro atoms. The van der Waals surface area contributed by atoms with Gasteiger partial charge in [-0.15, -0.1) is 0 Å². The van der Waals surface area contributed by atoms with Gasteiger partial charge >= 0.3 is 6.09 Å². The Hall–Kier alpha value is -4.06. The van der Waals surface area contributed by atoms with Crippen molar-refractivity contribution in [2.75, 3.05) is 42.7 Å². The lowest BCUT2D eigenvalue weighted by Gasteiger charge is -2.38. The quantitative estimate of drug-likeness (QED) is 0.223. The van der Waals surface area contributed by atoms with E-state index in [1.54, 1.807) is 4.31 Å². The Morgan fingerprint density at radius 2 is 1.77 bits per heavy atom. The average Bonchev–Trinajstić information content (AvgIpc) is 3.37. The van der Waals surface area contributed by atoms with Gasteiger partial charge in [0, 0.05) is 51.2 Å². The zero-order valence-corrected chi connectivity index (χ0v) is 26.8. The number of anilines is 2. The summed E-state index contributed by atoms with van der Waals surface area (Å²) < 4.78 is 24.3. The van der Waals surface area contributed by atoms with Crippen LogP contribution >= 0.6 is 11.9 Å². The number of carbonyl (C=O) groups is 1. The number of hydrogen-bond donors (Lipinski definition) is 0. The van der Waals surface area contributed by atoms with Crippen LogP contribution in [0.25, 0.3) is 11.0 Å². The predicted octanol–water partition coefficient (Wildman–Crippen LogP) is 5.61. The SMILES string of the molecule is CSN(CC(C)(C)C)C(=O)OCn1c(N(C)C2CCN(c3nc4ccccc4n3Cc3ccc(F)cc3)CC2)nccc1=O. The van der Waals surface area contributed by atoms with Gasteiger partial charge in [-0.05, 0) is 60.0 Å². The first-order valence-electron chi connectivity index (χ1n) is 14.8. The molecule has 1 fully saturated rings. The highest BCUT2D eigenvalue weighted by molar-refractivity contribution is 7.96. The standard InChI is InChI=1S/C32H40FN7O3S/c1-32(2,3)21-40(44-5)31(42)43-22-39-28(41)14-17-34-29(39)36(4)25-15-18-37(19-16-25)30-35-26-8-6-7-9-27(26)38(30)20-23-10-12-24(33)13-11-23/h6-14,17,25H,15-16,18-22H2,1-5H3. The molecule has 0 N–H and O–H groups in total. The van der Waals surface area contributed by atoms with Gasteiger partial charge in [0.1, 0.15) is 5.82 Å². The molecular formula is C32H40FN7O3S. The van der Waals surface area contributed by atoms with Crippen LogP contribution in [0.1, 0.15) is 39.2 Å². The molecule has 0 unspecified atom stereocenters. The van der Waals surface area contributed by atoms with Crippen LogP contribution in [0.15, 0.2) is 65.6 Å². The molecule has 5 rings (SSSR count). The van der Waals surface area contributed by atoms with Gasteiger partial charge in [-0.2, -0.15) is 0 Å². The van der Waals surface area contributed by atoms with Gasteiger partial charge in [-0.1, -0.05) is 45.0 Å². The van der Waals surface area contributed by atoms with Crippen LogP contribution in [-0.2, 0) is 18.0 Å². The van der Waals surface area contributed by atoms with Crippen molar-refractivity contribution in [1.29, 1.82) is 0 Å². The summed E-state index contributed by atoms with van der Waals surface area (Å²) in [6.45, 7) is 8.53. The van der Waals surface area contributed by atoms with Gasteiger partial charge in [0.15, 0.2) is 6.73 Å². The number of ether oxygens (including phenoxy) is 1. The number of nitrogens with zero attached hydrogens (tertiary/aromatic N) is 7. The van der Waals surface area contributed by atoms with Crippen molar-refractivity contribution in [2.24, 2.45) is 5.41 Å². The highest BCUT2D eigenvalue weighted by Crippen LogP contribution is 2.28. The lowest BCUT2D eigenvalue weighted by Crippen LogP contribution is -2.46. The molecule has 0 bridgehead atoms. The minimum Gasteiger partial charge on any atom is -0.427 e. The number of imidazole rings is 1. The molecule has 1 aliphatic rings. The second kappa shape index (κ2) is 13.3. The molecule has 1 saturated heterocycles. The van der Waals surface area contributed by atoms with Gasteiger partial charge < -0.3 is 19.1 Å². The third-order valence-corrected chi connectivity index (χ3v) is 8.49. The van der Waals surface area contributed by atoms with Crippen LogP contribution in [0.4, 0.5) is 21.1 Å². The second-order valence-corrected chi connectivity index (χ2v) is 13.1. The summed E-state index contributed by atoms with van der Waals surface area (Å²) >= 11 is 1.30. The maximum Gasteiger partial charge on any atom is 0.421 e. The first-order chi connectivity index (χ1) is 21.0. The number of hydrogen-bond acceptors (Lipinski definition) is 8. The van der Waals surface area contributed by atoms with Gasteiger partial charge in [-0.25, -0.2) is 23.7 Å². The average molecular weight is 622 g/mol. The van der Waals surface area contributed by atoms with Gasteiger partial charge in [0.2, 0.25) is 11.9 Å². The summed E-state index contributed by atoms with van der Waals surface area (Å²) in [6, 6.07) is 16.1. The normalized spacial score (nSPS) is 14.2. The Labute approximate surface area is 261 Å². The van der Waals surface area contributed by atoms with E-state index in [9.17, 15) is 14.0 Å². The van der Waals surface area contributed by atoms with E-state index in [1.807, 2.05) is 48.5 Å². The molecule has 0 saturated carbocycles. The lowest BCUT2D eigenvalue weighted by molar-refractivity contribution is 0.0902. The molecule has 0 radical (unpaired) electrons. The third-order valence-electron chi connectivity index (χ3n) is 7.77. The molecule has 0 aliphatic carbocycles. The number of rotatable bonds is 9. The van der Waals surface area contributed by atoms with E-state index < -0.39 is 6.09 Å². The van der Waals surface area contributed by atoms with Crippen LogP contribution in [0.2, 0.25) is 0 Å². The molecule has 2 aromatic carbocycles. The maximum absolute atomic E-state index is 13.6. The predicted molar refractivity (Wildman–Crippen MR) is 174 cm³/mol. The fourth-order valence-corrected chi connectivity index (χ4v) is 6.22. The van der Waals surface area contributed by atoms with Crippen molar-refractivity contribution in [1.82, 2.24) is 23.4 Å². The summed E-state index contributed by atoms with van der Waals surface area (Å²) in [4.78, 5) is 39.5. The minimum absolute atomic E-state index is 0.0990. The van der Waals surface area contributed by atoms with Crippen molar-refractivity contribution >= 4 is 41.0 Å². The number of aromatic nitrogens is 4. The van der Waals surface area contributed by atoms with Crippen LogP contribution < -0.4 is 15.4 Å². The Kier molecular flexibility index (Phi) is 9.48. The van der Waals surface area contributed by atoms with Crippen LogP contribution in [0.3, 0.4) is 0 Å². The Morgan fingerprint density at radius 1 is 1.07 bits per heavy atom. The molecule has 1 aliphatic heterocycles. The van der Waals surface area contributed by atoms with E-state index in [2.05, 4.69) is 41.3 Å². The molecule has 3 heterocycles. The molecular weight excluding hydrogens is 581 g/mol. The van der Waals surface area contributed by atoms with E-state index in [4.69, 9.17) is 9.72 Å². The van der Waals surface area contributed by atoms with Gasteiger partial charge in [0.05, 0.1) is 17.6 Å². The summed E-state index contributed by atoms with van der Waals surface area (Å²) in [7, 11) is 1.93. The van der Waals surface area contributed by atoms with Gasteiger partial charge in [0.25, 0.3) is 5.56 Å². The molecule has 12 heteroatoms. The van der Waals surface area contributed by atoms with Crippen molar-refractivity contribution in [3.8, 4) is 0 Å². The van der Waals surface area contributed by atoms with Crippen molar-refractivity contribution in [3.05, 3.63) is 82.5 Å². The zero-order valence-electron chi connectivity index (χ0n) is 25.9. The molecule has 1 amide bonds. The monoisotopic (exact) mass is 621 g/mol. The fraction of sp³-hybridized carbons (Fsp3) is 0.438. The Morgan fingerprint density at radius 3 is 2.45 bits per heavy atom. The van der Waals surface area contributed by atoms with Crippen molar-refractivity contribution in [3.63, 3.8) is 0 Å². The second-order valence-electron chi connectivity index (χ2n) is 12.3. The highest BCUT2D eigenvalue weighted by atomic mass is 32.2. The number of amides is 1. The van der Waals surface area contributed by atoms with E-state index >= 15 is 0 Å². The molecule has 4 aromatic rings. The van der Waals surface area contributed by atoms with Crippen LogP contribution in [0.5, 0.6) is 0 Å². The number of fused-ring (bicyclic) bond motifs is 1. The number of carbonyl (C=O) groups excluding carboxylic acids is 1. The van der Waals surface area contributed by atoms with Crippen molar-refractivity contribution < 1.29 is 13.9 Å². The molecule has 2 aromatic heterocycles. The Balaban J connectivity index is 1.29. The Bertz CT molecular complexity index is 1640. The summed E-state index contributed by atoms with van der Waals surface area (Å²) in [5, 5.41) is 0.